The van der Waals surface area contributed by atoms with Gasteiger partial charge in [0.2, 0.25) is 11.8 Å². The lowest BCUT2D eigenvalue weighted by molar-refractivity contribution is -0.129. The Hall–Kier alpha value is -2.82. The van der Waals surface area contributed by atoms with Gasteiger partial charge in [0.05, 0.1) is 25.7 Å². The maximum atomic E-state index is 14.7. The molecule has 2 fully saturated rings. The van der Waals surface area contributed by atoms with Gasteiger partial charge >= 0.3 is 0 Å². The maximum absolute atomic E-state index is 14.7. The van der Waals surface area contributed by atoms with Crippen LogP contribution in [0, 0.1) is 13.8 Å². The summed E-state index contributed by atoms with van der Waals surface area (Å²) >= 11 is 11.4. The van der Waals surface area contributed by atoms with E-state index in [1.807, 2.05) is 53.6 Å². The first-order chi connectivity index (χ1) is 21.7. The number of carbonyl (C=O) groups is 2. The van der Waals surface area contributed by atoms with E-state index in [1.54, 1.807) is 0 Å². The molecule has 2 aliphatic rings. The van der Waals surface area contributed by atoms with E-state index in [4.69, 9.17) is 16.3 Å². The zero-order valence-electron chi connectivity index (χ0n) is 25.6. The average Bonchev–Trinajstić information content (AvgIpc) is 3.55. The number of carbonyl (C=O) groups excluding carboxylic acids is 2. The Morgan fingerprint density at radius 1 is 1.11 bits per heavy atom. The molecule has 0 unspecified atom stereocenters. The molecule has 2 aliphatic heterocycles. The highest BCUT2D eigenvalue weighted by molar-refractivity contribution is 9.10. The molecule has 0 radical (unpaired) electrons. The third-order valence-electron chi connectivity index (χ3n) is 8.77. The molecule has 3 heterocycles. The Kier molecular flexibility index (Phi) is 9.92. The summed E-state index contributed by atoms with van der Waals surface area (Å²) in [6.45, 7) is 9.26. The smallest absolute Gasteiger partial charge is 0.239 e. The van der Waals surface area contributed by atoms with Crippen molar-refractivity contribution >= 4 is 62.0 Å². The van der Waals surface area contributed by atoms with Crippen LogP contribution in [0.3, 0.4) is 0 Å². The Balaban J connectivity index is 1.41. The van der Waals surface area contributed by atoms with Crippen LogP contribution in [0.25, 0.3) is 10.9 Å². The summed E-state index contributed by atoms with van der Waals surface area (Å²) in [7, 11) is 0. The number of nitrogens with one attached hydrogen (secondary N) is 2. The molecule has 3 aromatic carbocycles. The van der Waals surface area contributed by atoms with Crippen LogP contribution in [0.1, 0.15) is 41.1 Å². The lowest BCUT2D eigenvalue weighted by Gasteiger charge is -2.37. The summed E-state index contributed by atoms with van der Waals surface area (Å²) in [5.41, 5.74) is 5.02. The first-order valence-electron chi connectivity index (χ1n) is 15.4. The van der Waals surface area contributed by atoms with Crippen molar-refractivity contribution < 1.29 is 14.3 Å². The Morgan fingerprint density at radius 2 is 1.89 bits per heavy atom. The first kappa shape index (κ1) is 32.1. The zero-order valence-corrected chi connectivity index (χ0v) is 28.7. The number of benzene rings is 3. The van der Waals surface area contributed by atoms with Crippen molar-refractivity contribution in [1.29, 1.82) is 0 Å². The van der Waals surface area contributed by atoms with Crippen LogP contribution in [0.2, 0.25) is 5.02 Å². The number of aryl methyl sites for hydroxylation is 2. The van der Waals surface area contributed by atoms with Crippen LogP contribution in [0.15, 0.2) is 76.2 Å². The quantitative estimate of drug-likeness (QED) is 0.173. The number of amides is 2. The highest BCUT2D eigenvalue weighted by Crippen LogP contribution is 2.55. The van der Waals surface area contributed by atoms with Gasteiger partial charge in [-0.15, -0.1) is 11.8 Å². The lowest BCUT2D eigenvalue weighted by Crippen LogP contribution is -2.49. The molecule has 0 aliphatic carbocycles. The monoisotopic (exact) mass is 708 g/mol. The molecule has 4 aromatic rings. The van der Waals surface area contributed by atoms with Gasteiger partial charge in [-0.2, -0.15) is 0 Å². The lowest BCUT2D eigenvalue weighted by atomic mass is 9.91. The number of nitrogens with zero attached hydrogens (tertiary/aromatic N) is 2. The van der Waals surface area contributed by atoms with Gasteiger partial charge in [0, 0.05) is 63.2 Å². The second kappa shape index (κ2) is 13.9. The van der Waals surface area contributed by atoms with Gasteiger partial charge in [-0.1, -0.05) is 63.4 Å². The normalized spacial score (nSPS) is 20.7. The fourth-order valence-electron chi connectivity index (χ4n) is 6.48. The second-order valence-electron chi connectivity index (χ2n) is 12.0. The summed E-state index contributed by atoms with van der Waals surface area (Å²) in [6, 6.07) is 19.5. The van der Waals surface area contributed by atoms with Crippen molar-refractivity contribution in [3.05, 3.63) is 98.6 Å². The number of rotatable bonds is 10. The van der Waals surface area contributed by atoms with E-state index in [0.29, 0.717) is 18.1 Å². The highest BCUT2D eigenvalue weighted by Gasteiger charge is 2.58. The van der Waals surface area contributed by atoms with Gasteiger partial charge < -0.3 is 19.9 Å². The van der Waals surface area contributed by atoms with E-state index in [9.17, 15) is 9.59 Å². The molecule has 1 aromatic heterocycles. The fraction of sp³-hybridized carbons (Fsp3) is 0.371. The molecule has 2 amide bonds. The van der Waals surface area contributed by atoms with Gasteiger partial charge in [0.1, 0.15) is 4.75 Å². The minimum absolute atomic E-state index is 0.0491. The summed E-state index contributed by atoms with van der Waals surface area (Å²) < 4.78 is 5.35. The van der Waals surface area contributed by atoms with Gasteiger partial charge in [0.15, 0.2) is 0 Å². The van der Waals surface area contributed by atoms with Gasteiger partial charge in [-0.05, 0) is 68.3 Å². The number of aromatic nitrogens is 1. The molecule has 2 N–H and O–H groups in total. The van der Waals surface area contributed by atoms with E-state index in [-0.39, 0.29) is 18.2 Å². The summed E-state index contributed by atoms with van der Waals surface area (Å²) in [5, 5.41) is 4.86. The van der Waals surface area contributed by atoms with Gasteiger partial charge in [0.25, 0.3) is 0 Å². The third-order valence-corrected chi connectivity index (χ3v) is 11.1. The number of morpholine rings is 1. The van der Waals surface area contributed by atoms with Crippen molar-refractivity contribution in [2.75, 3.05) is 39.4 Å². The second-order valence-corrected chi connectivity index (χ2v) is 14.7. The topological polar surface area (TPSA) is 77.7 Å². The number of aromatic amines is 1. The number of H-pyrrole nitrogens is 1. The van der Waals surface area contributed by atoms with Crippen LogP contribution < -0.4 is 5.32 Å². The summed E-state index contributed by atoms with van der Waals surface area (Å²) in [4.78, 5) is 37.5. The van der Waals surface area contributed by atoms with E-state index >= 15 is 0 Å². The molecule has 6 rings (SSSR count). The predicted molar refractivity (Wildman–Crippen MR) is 185 cm³/mol. The molecule has 236 valence electrons. The Labute approximate surface area is 282 Å². The maximum Gasteiger partial charge on any atom is 0.239 e. The zero-order chi connectivity index (χ0) is 31.6. The van der Waals surface area contributed by atoms with Crippen molar-refractivity contribution in [3.63, 3.8) is 0 Å². The van der Waals surface area contributed by atoms with E-state index in [2.05, 4.69) is 63.2 Å². The average molecular weight is 710 g/mol. The molecule has 10 heteroatoms. The molecule has 2 atom stereocenters. The fourth-order valence-corrected chi connectivity index (χ4v) is 8.39. The molecule has 7 nitrogen and oxygen atoms in total. The minimum atomic E-state index is -1.11. The molecule has 0 saturated carbocycles. The number of halogens is 2. The van der Waals surface area contributed by atoms with Crippen LogP contribution >= 0.6 is 39.3 Å². The number of thioether (sulfide) groups is 1. The van der Waals surface area contributed by atoms with Crippen LogP contribution in [-0.4, -0.2) is 70.7 Å². The van der Waals surface area contributed by atoms with Crippen molar-refractivity contribution in [2.45, 2.75) is 48.9 Å². The number of likely N-dealkylation sites (tertiary alicyclic amines) is 1. The third kappa shape index (κ3) is 6.98. The number of fused-ring (bicyclic) bond motifs is 1. The molecular formula is C35H38BrClN4O3S. The van der Waals surface area contributed by atoms with E-state index < -0.39 is 10.8 Å². The largest absolute Gasteiger partial charge is 0.379 e. The number of hydrogen-bond acceptors (Lipinski definition) is 5. The van der Waals surface area contributed by atoms with Crippen molar-refractivity contribution in [1.82, 2.24) is 20.1 Å². The van der Waals surface area contributed by atoms with Crippen LogP contribution in [0.5, 0.6) is 0 Å². The predicted octanol–water partition coefficient (Wildman–Crippen LogP) is 7.04. The summed E-state index contributed by atoms with van der Waals surface area (Å²) in [5.74, 6) is -0.165. The highest BCUT2D eigenvalue weighted by atomic mass is 79.9. The number of ether oxygens (including phenoxy) is 1. The molecule has 0 bridgehead atoms. The van der Waals surface area contributed by atoms with E-state index in [0.717, 1.165) is 81.8 Å². The minimum Gasteiger partial charge on any atom is -0.379 e. The molecule has 2 saturated heterocycles. The van der Waals surface area contributed by atoms with Crippen LogP contribution in [0.4, 0.5) is 0 Å². The molecular weight excluding hydrogens is 672 g/mol. The molecule has 0 spiro atoms. The first-order valence-corrected chi connectivity index (χ1v) is 17.4. The van der Waals surface area contributed by atoms with Gasteiger partial charge in [-0.3, -0.25) is 14.5 Å². The van der Waals surface area contributed by atoms with Crippen LogP contribution in [-0.2, 0) is 20.9 Å². The standard InChI is InChI=1S/C35H38BrClN4O3S/c1-23-4-11-31(24(2)18-23)45-35(34(43)38-12-3-13-40-14-16-44-17-15-40)20-32(42)41(22-25-5-7-26(36)8-6-25)33(35)29-21-39-30-19-27(37)9-10-28(29)30/h4-11,18-19,21,33,39H,3,12-17,20,22H2,1-2H3,(H,38,43)/t33-,35+/m1/s1. The summed E-state index contributed by atoms with van der Waals surface area (Å²) in [6.07, 6.45) is 2.85. The Morgan fingerprint density at radius 3 is 2.64 bits per heavy atom. The SMILES string of the molecule is Cc1ccc(S[C@@]2(C(=O)NCCCN3CCOCC3)CC(=O)N(Cc3ccc(Br)cc3)[C@@H]2c2c[nH]c3cc(Cl)ccc23)c(C)c1. The van der Waals surface area contributed by atoms with Crippen molar-refractivity contribution in [3.8, 4) is 0 Å². The van der Waals surface area contributed by atoms with Crippen molar-refractivity contribution in [2.24, 2.45) is 0 Å². The number of hydrogen-bond donors (Lipinski definition) is 2. The van der Waals surface area contributed by atoms with E-state index in [1.165, 1.54) is 11.8 Å². The Bertz CT molecular complexity index is 1690. The molecule has 45 heavy (non-hydrogen) atoms. The van der Waals surface area contributed by atoms with Gasteiger partial charge in [-0.25, -0.2) is 0 Å².